The Hall–Kier alpha value is -1.06. The molecule has 2 aliphatic rings. The van der Waals surface area contributed by atoms with Crippen molar-refractivity contribution in [2.75, 3.05) is 31.1 Å². The minimum atomic E-state index is 0.110. The molecular weight excluding hydrogens is 234 g/mol. The van der Waals surface area contributed by atoms with E-state index in [0.29, 0.717) is 0 Å². The summed E-state index contributed by atoms with van der Waals surface area (Å²) in [5.74, 6) is 0. The Labute approximate surface area is 116 Å². The van der Waals surface area contributed by atoms with E-state index >= 15 is 0 Å². The molecule has 0 bridgehead atoms. The Morgan fingerprint density at radius 1 is 1.16 bits per heavy atom. The molecule has 0 radical (unpaired) electrons. The van der Waals surface area contributed by atoms with Crippen molar-refractivity contribution < 1.29 is 0 Å². The summed E-state index contributed by atoms with van der Waals surface area (Å²) >= 11 is 0. The fraction of sp³-hybridized carbons (Fsp3) is 0.625. The van der Waals surface area contributed by atoms with Crippen molar-refractivity contribution in [1.29, 1.82) is 0 Å². The maximum Gasteiger partial charge on any atom is 0.0415 e. The van der Waals surface area contributed by atoms with Crippen molar-refractivity contribution in [3.05, 3.63) is 29.8 Å². The standard InChI is InChI=1S/C16H25N3/c1-13(17)15-7-2-3-8-16(15)19-11-5-10-18-9-4-6-14(18)12-19/h2-3,7-8,13-14H,4-6,9-12,17H2,1H3. The minimum absolute atomic E-state index is 0.110. The third kappa shape index (κ3) is 2.63. The van der Waals surface area contributed by atoms with Gasteiger partial charge in [0.05, 0.1) is 0 Å². The number of nitrogens with zero attached hydrogens (tertiary/aromatic N) is 2. The van der Waals surface area contributed by atoms with Gasteiger partial charge in [0.1, 0.15) is 0 Å². The van der Waals surface area contributed by atoms with E-state index in [9.17, 15) is 0 Å². The van der Waals surface area contributed by atoms with Gasteiger partial charge >= 0.3 is 0 Å². The lowest BCUT2D eigenvalue weighted by molar-refractivity contribution is 0.273. The van der Waals surface area contributed by atoms with E-state index < -0.39 is 0 Å². The first-order chi connectivity index (χ1) is 9.25. The Morgan fingerprint density at radius 3 is 2.79 bits per heavy atom. The molecule has 2 saturated heterocycles. The Balaban J connectivity index is 1.85. The van der Waals surface area contributed by atoms with Crippen LogP contribution in [0, 0.1) is 0 Å². The van der Waals surface area contributed by atoms with Crippen LogP contribution in [0.15, 0.2) is 24.3 Å². The maximum absolute atomic E-state index is 6.13. The second-order valence-electron chi connectivity index (χ2n) is 5.98. The van der Waals surface area contributed by atoms with Gasteiger partial charge < -0.3 is 10.6 Å². The smallest absolute Gasteiger partial charge is 0.0415 e. The summed E-state index contributed by atoms with van der Waals surface area (Å²) < 4.78 is 0. The third-order valence-electron chi connectivity index (χ3n) is 4.57. The fourth-order valence-corrected chi connectivity index (χ4v) is 3.59. The van der Waals surface area contributed by atoms with Gasteiger partial charge in [-0.1, -0.05) is 18.2 Å². The van der Waals surface area contributed by atoms with Crippen molar-refractivity contribution >= 4 is 5.69 Å². The van der Waals surface area contributed by atoms with Crippen molar-refractivity contribution in [1.82, 2.24) is 4.90 Å². The molecule has 0 saturated carbocycles. The molecule has 104 valence electrons. The van der Waals surface area contributed by atoms with Gasteiger partial charge in [0, 0.05) is 37.4 Å². The number of rotatable bonds is 2. The summed E-state index contributed by atoms with van der Waals surface area (Å²) in [4.78, 5) is 5.24. The van der Waals surface area contributed by atoms with E-state index in [1.807, 2.05) is 0 Å². The molecule has 2 unspecified atom stereocenters. The van der Waals surface area contributed by atoms with Crippen LogP contribution in [-0.2, 0) is 0 Å². The van der Waals surface area contributed by atoms with Crippen LogP contribution in [0.3, 0.4) is 0 Å². The summed E-state index contributed by atoms with van der Waals surface area (Å²) in [7, 11) is 0. The van der Waals surface area contributed by atoms with Gasteiger partial charge in [-0.15, -0.1) is 0 Å². The van der Waals surface area contributed by atoms with E-state index in [1.54, 1.807) is 0 Å². The predicted octanol–water partition coefficient (Wildman–Crippen LogP) is 2.38. The number of benzene rings is 1. The molecule has 19 heavy (non-hydrogen) atoms. The van der Waals surface area contributed by atoms with Crippen molar-refractivity contribution in [2.45, 2.75) is 38.3 Å². The molecule has 0 aromatic heterocycles. The zero-order valence-corrected chi connectivity index (χ0v) is 11.9. The SMILES string of the molecule is CC(N)c1ccccc1N1CCCN2CCCC2C1. The van der Waals surface area contributed by atoms with Crippen molar-refractivity contribution in [3.8, 4) is 0 Å². The molecule has 2 heterocycles. The van der Waals surface area contributed by atoms with Crippen LogP contribution in [0.5, 0.6) is 0 Å². The average molecular weight is 259 g/mol. The molecular formula is C16H25N3. The summed E-state index contributed by atoms with van der Waals surface area (Å²) in [6.07, 6.45) is 3.99. The van der Waals surface area contributed by atoms with Gasteiger partial charge in [-0.3, -0.25) is 4.90 Å². The number of para-hydroxylation sites is 1. The largest absolute Gasteiger partial charge is 0.370 e. The highest BCUT2D eigenvalue weighted by Gasteiger charge is 2.29. The van der Waals surface area contributed by atoms with Crippen LogP contribution in [0.25, 0.3) is 0 Å². The Kier molecular flexibility index (Phi) is 3.76. The third-order valence-corrected chi connectivity index (χ3v) is 4.57. The molecule has 3 rings (SSSR count). The minimum Gasteiger partial charge on any atom is -0.370 e. The van der Waals surface area contributed by atoms with Crippen molar-refractivity contribution in [2.24, 2.45) is 5.73 Å². The molecule has 0 spiro atoms. The number of fused-ring (bicyclic) bond motifs is 1. The lowest BCUT2D eigenvalue weighted by Gasteiger charge is -2.29. The Bertz CT molecular complexity index is 430. The monoisotopic (exact) mass is 259 g/mol. The van der Waals surface area contributed by atoms with E-state index in [0.717, 1.165) is 12.6 Å². The zero-order valence-electron chi connectivity index (χ0n) is 11.9. The fourth-order valence-electron chi connectivity index (χ4n) is 3.59. The highest BCUT2D eigenvalue weighted by Crippen LogP contribution is 2.29. The number of anilines is 1. The summed E-state index contributed by atoms with van der Waals surface area (Å²) in [6.45, 7) is 6.98. The molecule has 2 aliphatic heterocycles. The van der Waals surface area contributed by atoms with Crippen molar-refractivity contribution in [3.63, 3.8) is 0 Å². The molecule has 1 aromatic rings. The van der Waals surface area contributed by atoms with Gasteiger partial charge in [0.2, 0.25) is 0 Å². The predicted molar refractivity (Wildman–Crippen MR) is 80.5 cm³/mol. The molecule has 3 heteroatoms. The summed E-state index contributed by atoms with van der Waals surface area (Å²) in [5, 5.41) is 0. The second kappa shape index (κ2) is 5.51. The highest BCUT2D eigenvalue weighted by molar-refractivity contribution is 5.55. The van der Waals surface area contributed by atoms with Gasteiger partial charge in [0.25, 0.3) is 0 Å². The number of hydrogen-bond donors (Lipinski definition) is 1. The first-order valence-electron chi connectivity index (χ1n) is 7.59. The summed E-state index contributed by atoms with van der Waals surface area (Å²) in [6, 6.07) is 9.52. The average Bonchev–Trinajstić information content (AvgIpc) is 2.76. The van der Waals surface area contributed by atoms with Crippen LogP contribution in [0.2, 0.25) is 0 Å². The topological polar surface area (TPSA) is 32.5 Å². The summed E-state index contributed by atoms with van der Waals surface area (Å²) in [5.41, 5.74) is 8.77. The molecule has 0 amide bonds. The number of hydrogen-bond acceptors (Lipinski definition) is 3. The van der Waals surface area contributed by atoms with Crippen LogP contribution in [0.1, 0.15) is 37.8 Å². The second-order valence-corrected chi connectivity index (χ2v) is 5.98. The zero-order chi connectivity index (χ0) is 13.2. The van der Waals surface area contributed by atoms with Gasteiger partial charge in [-0.25, -0.2) is 0 Å². The van der Waals surface area contributed by atoms with E-state index in [-0.39, 0.29) is 6.04 Å². The maximum atomic E-state index is 6.13. The normalized spacial score (nSPS) is 26.0. The molecule has 2 atom stereocenters. The van der Waals surface area contributed by atoms with Gasteiger partial charge in [0.15, 0.2) is 0 Å². The van der Waals surface area contributed by atoms with E-state index in [2.05, 4.69) is 41.0 Å². The molecule has 1 aromatic carbocycles. The first-order valence-corrected chi connectivity index (χ1v) is 7.59. The van der Waals surface area contributed by atoms with Gasteiger partial charge in [-0.05, 0) is 44.4 Å². The van der Waals surface area contributed by atoms with Crippen LogP contribution in [-0.4, -0.2) is 37.1 Å². The highest BCUT2D eigenvalue weighted by atomic mass is 15.3. The Morgan fingerprint density at radius 2 is 1.95 bits per heavy atom. The van der Waals surface area contributed by atoms with E-state index in [4.69, 9.17) is 5.73 Å². The molecule has 0 aliphatic carbocycles. The quantitative estimate of drug-likeness (QED) is 0.885. The van der Waals surface area contributed by atoms with Crippen LogP contribution < -0.4 is 10.6 Å². The van der Waals surface area contributed by atoms with E-state index in [1.165, 1.54) is 50.1 Å². The molecule has 3 nitrogen and oxygen atoms in total. The molecule has 2 N–H and O–H groups in total. The lowest BCUT2D eigenvalue weighted by atomic mass is 10.1. The first kappa shape index (κ1) is 12.9. The molecule has 2 fully saturated rings. The van der Waals surface area contributed by atoms with Gasteiger partial charge in [-0.2, -0.15) is 0 Å². The lowest BCUT2D eigenvalue weighted by Crippen LogP contribution is -2.37. The van der Waals surface area contributed by atoms with Crippen LogP contribution in [0.4, 0.5) is 5.69 Å². The van der Waals surface area contributed by atoms with Crippen LogP contribution >= 0.6 is 0 Å². The number of nitrogens with two attached hydrogens (primary N) is 1.